The average molecular weight is 182 g/mol. The first kappa shape index (κ1) is 10.0. The Morgan fingerprint density at radius 2 is 1.75 bits per heavy atom. The van der Waals surface area contributed by atoms with Crippen LogP contribution in [0.1, 0.15) is 39.5 Å². The van der Waals surface area contributed by atoms with Gasteiger partial charge in [0.15, 0.2) is 0 Å². The van der Waals surface area contributed by atoms with Crippen LogP contribution in [0.3, 0.4) is 0 Å². The van der Waals surface area contributed by atoms with Crippen LogP contribution in [0.15, 0.2) is 12.3 Å². The molecule has 0 saturated heterocycles. The Bertz CT molecular complexity index is 141. The third-order valence-electron chi connectivity index (χ3n) is 3.89. The minimum atomic E-state index is -1.02. The molecule has 0 heterocycles. The summed E-state index contributed by atoms with van der Waals surface area (Å²) in [6, 6.07) is 2.83. The van der Waals surface area contributed by atoms with Crippen LogP contribution in [0.5, 0.6) is 0 Å². The van der Waals surface area contributed by atoms with Crippen LogP contribution in [0.2, 0.25) is 17.6 Å². The van der Waals surface area contributed by atoms with Gasteiger partial charge in [-0.2, -0.15) is 0 Å². The molecule has 1 rings (SSSR count). The highest BCUT2D eigenvalue weighted by atomic mass is 28.3. The molecule has 0 aromatic heterocycles. The van der Waals surface area contributed by atoms with E-state index in [0.717, 1.165) is 5.54 Å². The minimum absolute atomic E-state index is 1.02. The standard InChI is InChI=1S/C11H22Si/c1-4-12(5-2,6-3)11-9-7-8-10-11/h4,11H,1,5-10H2,2-3H3. The van der Waals surface area contributed by atoms with E-state index in [-0.39, 0.29) is 0 Å². The monoisotopic (exact) mass is 182 g/mol. The zero-order valence-corrected chi connectivity index (χ0v) is 9.60. The molecule has 12 heavy (non-hydrogen) atoms. The van der Waals surface area contributed by atoms with Crippen LogP contribution in [-0.4, -0.2) is 8.07 Å². The molecule has 0 aromatic carbocycles. The first-order valence-corrected chi connectivity index (χ1v) is 7.99. The molecular formula is C11H22Si. The van der Waals surface area contributed by atoms with Crippen molar-refractivity contribution < 1.29 is 0 Å². The van der Waals surface area contributed by atoms with Crippen molar-refractivity contribution in [3.8, 4) is 0 Å². The van der Waals surface area contributed by atoms with Crippen LogP contribution < -0.4 is 0 Å². The molecule has 1 fully saturated rings. The number of rotatable bonds is 4. The van der Waals surface area contributed by atoms with Crippen molar-refractivity contribution >= 4 is 8.07 Å². The molecule has 1 aliphatic carbocycles. The molecule has 0 spiro atoms. The van der Waals surface area contributed by atoms with Crippen molar-refractivity contribution in [2.75, 3.05) is 0 Å². The largest absolute Gasteiger partial charge is 0.107 e. The smallest absolute Gasteiger partial charge is 0.0795 e. The van der Waals surface area contributed by atoms with Gasteiger partial charge in [-0.1, -0.05) is 51.6 Å². The predicted molar refractivity (Wildman–Crippen MR) is 59.1 cm³/mol. The Hall–Kier alpha value is -0.0431. The van der Waals surface area contributed by atoms with Crippen molar-refractivity contribution in [2.24, 2.45) is 0 Å². The van der Waals surface area contributed by atoms with Gasteiger partial charge in [0.25, 0.3) is 0 Å². The summed E-state index contributed by atoms with van der Waals surface area (Å²) in [5, 5.41) is 0. The quantitative estimate of drug-likeness (QED) is 0.573. The molecule has 0 aromatic rings. The Morgan fingerprint density at radius 3 is 2.08 bits per heavy atom. The average Bonchev–Trinajstić information content (AvgIpc) is 2.62. The maximum absolute atomic E-state index is 4.08. The van der Waals surface area contributed by atoms with E-state index in [2.05, 4.69) is 26.1 Å². The summed E-state index contributed by atoms with van der Waals surface area (Å²) in [4.78, 5) is 0. The van der Waals surface area contributed by atoms with Gasteiger partial charge in [-0.05, 0) is 5.54 Å². The fourth-order valence-corrected chi connectivity index (χ4v) is 6.91. The lowest BCUT2D eigenvalue weighted by atomic mass is 10.4. The molecular weight excluding hydrogens is 160 g/mol. The maximum atomic E-state index is 4.08. The Morgan fingerprint density at radius 1 is 1.25 bits per heavy atom. The minimum Gasteiger partial charge on any atom is -0.107 e. The van der Waals surface area contributed by atoms with E-state index in [9.17, 15) is 0 Å². The third-order valence-corrected chi connectivity index (χ3v) is 9.54. The second-order valence-corrected chi connectivity index (χ2v) is 9.23. The molecule has 0 radical (unpaired) electrons. The van der Waals surface area contributed by atoms with E-state index in [1.54, 1.807) is 0 Å². The van der Waals surface area contributed by atoms with Gasteiger partial charge >= 0.3 is 0 Å². The van der Waals surface area contributed by atoms with E-state index >= 15 is 0 Å². The van der Waals surface area contributed by atoms with Crippen molar-refractivity contribution in [2.45, 2.75) is 57.2 Å². The molecule has 0 amide bonds. The normalized spacial score (nSPS) is 19.8. The van der Waals surface area contributed by atoms with Gasteiger partial charge in [0.2, 0.25) is 0 Å². The van der Waals surface area contributed by atoms with Crippen LogP contribution in [-0.2, 0) is 0 Å². The summed E-state index contributed by atoms with van der Waals surface area (Å²) in [7, 11) is -1.02. The maximum Gasteiger partial charge on any atom is 0.0795 e. The molecule has 1 aliphatic rings. The summed E-state index contributed by atoms with van der Waals surface area (Å²) in [5.74, 6) is 0. The lowest BCUT2D eigenvalue weighted by Crippen LogP contribution is -2.34. The summed E-state index contributed by atoms with van der Waals surface area (Å²) in [5.41, 5.74) is 3.44. The zero-order chi connectivity index (χ0) is 9.03. The molecule has 0 unspecified atom stereocenters. The van der Waals surface area contributed by atoms with E-state index in [1.165, 1.54) is 37.8 Å². The molecule has 0 bridgehead atoms. The molecule has 0 atom stereocenters. The zero-order valence-electron chi connectivity index (χ0n) is 8.60. The van der Waals surface area contributed by atoms with E-state index in [0.29, 0.717) is 0 Å². The Balaban J connectivity index is 2.68. The molecule has 0 aliphatic heterocycles. The molecule has 1 heteroatoms. The lowest BCUT2D eigenvalue weighted by Gasteiger charge is -2.32. The van der Waals surface area contributed by atoms with Crippen molar-refractivity contribution in [1.82, 2.24) is 0 Å². The van der Waals surface area contributed by atoms with E-state index in [4.69, 9.17) is 0 Å². The molecule has 0 nitrogen and oxygen atoms in total. The summed E-state index contributed by atoms with van der Waals surface area (Å²) < 4.78 is 0. The topological polar surface area (TPSA) is 0 Å². The van der Waals surface area contributed by atoms with Gasteiger partial charge in [0.05, 0.1) is 8.07 Å². The fourth-order valence-electron chi connectivity index (χ4n) is 2.78. The summed E-state index contributed by atoms with van der Waals surface area (Å²) >= 11 is 0. The summed E-state index contributed by atoms with van der Waals surface area (Å²) in [6.45, 7) is 8.82. The second kappa shape index (κ2) is 4.27. The highest BCUT2D eigenvalue weighted by molar-refractivity contribution is 6.85. The van der Waals surface area contributed by atoms with Gasteiger partial charge in [-0.25, -0.2) is 0 Å². The van der Waals surface area contributed by atoms with Gasteiger partial charge in [-0.15, -0.1) is 12.3 Å². The van der Waals surface area contributed by atoms with E-state index in [1.807, 2.05) is 0 Å². The van der Waals surface area contributed by atoms with Gasteiger partial charge in [0.1, 0.15) is 0 Å². The van der Waals surface area contributed by atoms with Crippen molar-refractivity contribution in [1.29, 1.82) is 0 Å². The molecule has 0 N–H and O–H groups in total. The third kappa shape index (κ3) is 1.66. The van der Waals surface area contributed by atoms with Crippen LogP contribution >= 0.6 is 0 Å². The SMILES string of the molecule is C=C[Si](CC)(CC)C1CCCC1. The fraction of sp³-hybridized carbons (Fsp3) is 0.818. The van der Waals surface area contributed by atoms with E-state index < -0.39 is 8.07 Å². The second-order valence-electron chi connectivity index (χ2n) is 4.13. The number of hydrogen-bond acceptors (Lipinski definition) is 0. The van der Waals surface area contributed by atoms with Crippen molar-refractivity contribution in [3.63, 3.8) is 0 Å². The van der Waals surface area contributed by atoms with Crippen molar-refractivity contribution in [3.05, 3.63) is 12.3 Å². The number of hydrogen-bond donors (Lipinski definition) is 0. The van der Waals surface area contributed by atoms with Crippen LogP contribution in [0.25, 0.3) is 0 Å². The highest BCUT2D eigenvalue weighted by Crippen LogP contribution is 2.42. The van der Waals surface area contributed by atoms with Crippen LogP contribution in [0.4, 0.5) is 0 Å². The summed E-state index contributed by atoms with van der Waals surface area (Å²) in [6.07, 6.45) is 5.96. The first-order chi connectivity index (χ1) is 5.79. The lowest BCUT2D eigenvalue weighted by molar-refractivity contribution is 0.825. The van der Waals surface area contributed by atoms with Gasteiger partial charge in [0, 0.05) is 0 Å². The molecule has 70 valence electrons. The predicted octanol–water partition coefficient (Wildman–Crippen LogP) is 4.14. The Labute approximate surface area is 78.1 Å². The molecule has 1 saturated carbocycles. The van der Waals surface area contributed by atoms with Gasteiger partial charge in [-0.3, -0.25) is 0 Å². The highest BCUT2D eigenvalue weighted by Gasteiger charge is 2.36. The first-order valence-electron chi connectivity index (χ1n) is 5.42. The van der Waals surface area contributed by atoms with Gasteiger partial charge < -0.3 is 0 Å². The Kier molecular flexibility index (Phi) is 3.57. The van der Waals surface area contributed by atoms with Crippen LogP contribution in [0, 0.1) is 0 Å².